The van der Waals surface area contributed by atoms with Crippen LogP contribution in [0, 0.1) is 11.8 Å². The molecule has 206 valence electrons. The predicted molar refractivity (Wildman–Crippen MR) is 145 cm³/mol. The van der Waals surface area contributed by atoms with E-state index in [0.717, 1.165) is 25.7 Å². The largest absolute Gasteiger partial charge is 0.379 e. The fourth-order valence-electron chi connectivity index (χ4n) is 6.39. The lowest BCUT2D eigenvalue weighted by Gasteiger charge is -2.34. The van der Waals surface area contributed by atoms with Crippen molar-refractivity contribution in [3.63, 3.8) is 0 Å². The molecule has 38 heavy (non-hydrogen) atoms. The lowest BCUT2D eigenvalue weighted by Crippen LogP contribution is -2.56. The Labute approximate surface area is 233 Å². The molecule has 3 fully saturated rings. The number of ether oxygens (including phenoxy) is 2. The first kappa shape index (κ1) is 27.4. The molecular weight excluding hydrogens is 529 g/mol. The van der Waals surface area contributed by atoms with E-state index in [-0.39, 0.29) is 29.9 Å². The van der Waals surface area contributed by atoms with Gasteiger partial charge >= 0.3 is 0 Å². The van der Waals surface area contributed by atoms with E-state index in [1.807, 2.05) is 26.0 Å². The van der Waals surface area contributed by atoms with E-state index in [0.29, 0.717) is 35.3 Å². The standard InChI is InChI=1S/C28H35Cl2N3O5/c1-16(2)37-14-6-13-33-24(26(35)31-17-7-4-3-5-8-17)28-12-11-21(38-28)22(23(28)27(33)36)25(34)32-18-9-10-19(29)20(30)15-18/h9-12,15-17,21-24H,3-8,13-14H2,1-2H3,(H,31,35)(H,32,34)/t21-,22+,23-,24+,28+/m1/s1. The maximum atomic E-state index is 13.9. The van der Waals surface area contributed by atoms with Gasteiger partial charge in [-0.2, -0.15) is 0 Å². The molecule has 3 amide bonds. The van der Waals surface area contributed by atoms with Gasteiger partial charge in [-0.3, -0.25) is 14.4 Å². The number of hydrogen-bond donors (Lipinski definition) is 2. The molecule has 8 nitrogen and oxygen atoms in total. The Kier molecular flexibility index (Phi) is 8.06. The van der Waals surface area contributed by atoms with Crippen LogP contribution >= 0.6 is 23.2 Å². The maximum absolute atomic E-state index is 13.9. The Morgan fingerprint density at radius 2 is 1.92 bits per heavy atom. The Balaban J connectivity index is 1.39. The van der Waals surface area contributed by atoms with Crippen molar-refractivity contribution < 1.29 is 23.9 Å². The number of nitrogens with zero attached hydrogens (tertiary/aromatic N) is 1. The van der Waals surface area contributed by atoms with Crippen molar-refractivity contribution in [3.05, 3.63) is 40.4 Å². The molecule has 1 saturated carbocycles. The van der Waals surface area contributed by atoms with E-state index in [9.17, 15) is 14.4 Å². The average molecular weight is 565 g/mol. The number of likely N-dealkylation sites (tertiary alicyclic amines) is 1. The van der Waals surface area contributed by atoms with E-state index in [4.69, 9.17) is 32.7 Å². The summed E-state index contributed by atoms with van der Waals surface area (Å²) in [6.07, 6.45) is 8.89. The van der Waals surface area contributed by atoms with E-state index < -0.39 is 29.6 Å². The molecule has 1 aromatic rings. The third-order valence-corrected chi connectivity index (χ3v) is 8.80. The SMILES string of the molecule is CC(C)OCCCN1C(=O)[C@H]2[C@@H](C(=O)Nc3ccc(Cl)c(Cl)c3)[C@H]3C=C[C@@]2(O3)[C@@H]1C(=O)NC1CCCCC1. The van der Waals surface area contributed by atoms with Crippen LogP contribution in [0.3, 0.4) is 0 Å². The summed E-state index contributed by atoms with van der Waals surface area (Å²) in [6.45, 7) is 4.73. The summed E-state index contributed by atoms with van der Waals surface area (Å²) < 4.78 is 12.1. The Morgan fingerprint density at radius 3 is 2.63 bits per heavy atom. The lowest BCUT2D eigenvalue weighted by atomic mass is 9.74. The third-order valence-electron chi connectivity index (χ3n) is 8.06. The molecule has 0 unspecified atom stereocenters. The van der Waals surface area contributed by atoms with Gasteiger partial charge in [-0.05, 0) is 51.3 Å². The number of benzene rings is 1. The van der Waals surface area contributed by atoms with Gasteiger partial charge in [-0.1, -0.05) is 54.6 Å². The molecule has 1 spiro atoms. The zero-order chi connectivity index (χ0) is 27.0. The molecular formula is C28H35Cl2N3O5. The minimum absolute atomic E-state index is 0.0731. The van der Waals surface area contributed by atoms with Crippen LogP contribution in [0.25, 0.3) is 0 Å². The van der Waals surface area contributed by atoms with E-state index in [1.165, 1.54) is 6.42 Å². The van der Waals surface area contributed by atoms with Gasteiger partial charge < -0.3 is 25.0 Å². The van der Waals surface area contributed by atoms with Gasteiger partial charge in [-0.15, -0.1) is 0 Å². The molecule has 0 radical (unpaired) electrons. The number of anilines is 1. The van der Waals surface area contributed by atoms with Gasteiger partial charge in [0.15, 0.2) is 0 Å². The highest BCUT2D eigenvalue weighted by Gasteiger charge is 2.72. The van der Waals surface area contributed by atoms with Crippen LogP contribution in [0.15, 0.2) is 30.4 Å². The minimum Gasteiger partial charge on any atom is -0.379 e. The number of carbonyl (C=O) groups is 3. The molecule has 2 bridgehead atoms. The number of carbonyl (C=O) groups excluding carboxylic acids is 3. The van der Waals surface area contributed by atoms with Gasteiger partial charge in [0.1, 0.15) is 11.6 Å². The van der Waals surface area contributed by atoms with Crippen LogP contribution < -0.4 is 10.6 Å². The van der Waals surface area contributed by atoms with Crippen molar-refractivity contribution in [2.24, 2.45) is 11.8 Å². The fourth-order valence-corrected chi connectivity index (χ4v) is 6.69. The summed E-state index contributed by atoms with van der Waals surface area (Å²) in [5, 5.41) is 6.76. The highest BCUT2D eigenvalue weighted by molar-refractivity contribution is 6.42. The summed E-state index contributed by atoms with van der Waals surface area (Å²) >= 11 is 12.1. The topological polar surface area (TPSA) is 97.0 Å². The minimum atomic E-state index is -1.18. The summed E-state index contributed by atoms with van der Waals surface area (Å²) in [7, 11) is 0. The molecule has 1 aliphatic carbocycles. The molecule has 10 heteroatoms. The van der Waals surface area contributed by atoms with Gasteiger partial charge in [0.2, 0.25) is 17.7 Å². The Bertz CT molecular complexity index is 1120. The van der Waals surface area contributed by atoms with Crippen molar-refractivity contribution in [2.45, 2.75) is 82.3 Å². The summed E-state index contributed by atoms with van der Waals surface area (Å²) in [6, 6.07) is 4.07. The molecule has 1 aromatic carbocycles. The monoisotopic (exact) mass is 563 g/mol. The van der Waals surface area contributed by atoms with Gasteiger partial charge in [0.05, 0.1) is 34.1 Å². The molecule has 5 rings (SSSR count). The highest BCUT2D eigenvalue weighted by Crippen LogP contribution is 2.55. The van der Waals surface area contributed by atoms with E-state index in [1.54, 1.807) is 23.1 Å². The molecule has 4 aliphatic rings. The van der Waals surface area contributed by atoms with Crippen molar-refractivity contribution in [3.8, 4) is 0 Å². The maximum Gasteiger partial charge on any atom is 0.246 e. The lowest BCUT2D eigenvalue weighted by molar-refractivity contribution is -0.141. The van der Waals surface area contributed by atoms with Gasteiger partial charge in [0.25, 0.3) is 0 Å². The van der Waals surface area contributed by atoms with Crippen LogP contribution in [-0.4, -0.2) is 65.7 Å². The van der Waals surface area contributed by atoms with E-state index in [2.05, 4.69) is 10.6 Å². The summed E-state index contributed by atoms with van der Waals surface area (Å²) in [5.41, 5.74) is -0.705. The second-order valence-electron chi connectivity index (χ2n) is 11.0. The average Bonchev–Trinajstić information content (AvgIpc) is 3.52. The highest BCUT2D eigenvalue weighted by atomic mass is 35.5. The van der Waals surface area contributed by atoms with E-state index >= 15 is 0 Å². The smallest absolute Gasteiger partial charge is 0.246 e. The first-order chi connectivity index (χ1) is 18.2. The van der Waals surface area contributed by atoms with Crippen molar-refractivity contribution in [2.75, 3.05) is 18.5 Å². The molecule has 3 aliphatic heterocycles. The Hall–Kier alpha value is -2.13. The molecule has 5 atom stereocenters. The van der Waals surface area contributed by atoms with Crippen molar-refractivity contribution >= 4 is 46.6 Å². The van der Waals surface area contributed by atoms with Gasteiger partial charge in [0, 0.05) is 24.9 Å². The van der Waals surface area contributed by atoms with Crippen LogP contribution in [0.4, 0.5) is 5.69 Å². The van der Waals surface area contributed by atoms with Crippen LogP contribution in [0.1, 0.15) is 52.4 Å². The van der Waals surface area contributed by atoms with Crippen LogP contribution in [-0.2, 0) is 23.9 Å². The normalized spacial score (nSPS) is 30.2. The number of hydrogen-bond acceptors (Lipinski definition) is 5. The summed E-state index contributed by atoms with van der Waals surface area (Å²) in [5.74, 6) is -2.38. The predicted octanol–water partition coefficient (Wildman–Crippen LogP) is 4.35. The zero-order valence-corrected chi connectivity index (χ0v) is 23.3. The first-order valence-corrected chi connectivity index (χ1v) is 14.3. The molecule has 0 aromatic heterocycles. The number of nitrogens with one attached hydrogen (secondary N) is 2. The van der Waals surface area contributed by atoms with Crippen molar-refractivity contribution in [1.29, 1.82) is 0 Å². The number of rotatable bonds is 9. The quantitative estimate of drug-likeness (QED) is 0.344. The van der Waals surface area contributed by atoms with Crippen LogP contribution in [0.5, 0.6) is 0 Å². The number of amides is 3. The molecule has 2 saturated heterocycles. The molecule has 2 N–H and O–H groups in total. The van der Waals surface area contributed by atoms with Gasteiger partial charge in [-0.25, -0.2) is 0 Å². The fraction of sp³-hybridized carbons (Fsp3) is 0.607. The molecule has 3 heterocycles. The number of fused-ring (bicyclic) bond motifs is 1. The second kappa shape index (κ2) is 11.2. The summed E-state index contributed by atoms with van der Waals surface area (Å²) in [4.78, 5) is 42.9. The Morgan fingerprint density at radius 1 is 1.16 bits per heavy atom. The van der Waals surface area contributed by atoms with Crippen LogP contribution in [0.2, 0.25) is 10.0 Å². The first-order valence-electron chi connectivity index (χ1n) is 13.6. The number of halogens is 2. The third kappa shape index (κ3) is 5.08. The van der Waals surface area contributed by atoms with Crippen molar-refractivity contribution in [1.82, 2.24) is 10.2 Å². The second-order valence-corrected chi connectivity index (χ2v) is 11.8. The zero-order valence-electron chi connectivity index (χ0n) is 21.8.